The summed E-state index contributed by atoms with van der Waals surface area (Å²) in [7, 11) is 0. The normalized spacial score (nSPS) is 19.8. The molecule has 1 saturated carbocycles. The average molecular weight is 293 g/mol. The van der Waals surface area contributed by atoms with Crippen LogP contribution >= 0.6 is 11.3 Å². The van der Waals surface area contributed by atoms with E-state index in [9.17, 15) is 9.59 Å². The number of amides is 2. The molecule has 0 aromatic carbocycles. The number of hydrogen-bond donors (Lipinski definition) is 1. The maximum atomic E-state index is 11.9. The van der Waals surface area contributed by atoms with Crippen molar-refractivity contribution in [2.24, 2.45) is 0 Å². The molecule has 0 radical (unpaired) electrons. The Labute approximate surface area is 122 Å². The van der Waals surface area contributed by atoms with Crippen molar-refractivity contribution >= 4 is 28.3 Å². The molecule has 2 heterocycles. The molecule has 0 atom stereocenters. The largest absolute Gasteiger partial charge is 0.353 e. The highest BCUT2D eigenvalue weighted by atomic mass is 32.1. The molecule has 1 N–H and O–H groups in total. The van der Waals surface area contributed by atoms with Gasteiger partial charge in [0.25, 0.3) is 0 Å². The fraction of sp³-hybridized carbons (Fsp3) is 0.643. The summed E-state index contributed by atoms with van der Waals surface area (Å²) in [5.74, 6) is 0.183. The van der Waals surface area contributed by atoms with Crippen LogP contribution < -0.4 is 10.2 Å². The molecule has 3 rings (SSSR count). The second kappa shape index (κ2) is 5.91. The summed E-state index contributed by atoms with van der Waals surface area (Å²) in [6, 6.07) is 0.348. The SMILES string of the molecule is O=C(Cc1csc(N2CCCC2=O)n1)NC1CCCC1. The number of nitrogens with one attached hydrogen (secondary N) is 1. The summed E-state index contributed by atoms with van der Waals surface area (Å²) in [5, 5.41) is 5.68. The predicted octanol–water partition coefficient (Wildman–Crippen LogP) is 1.87. The van der Waals surface area contributed by atoms with Gasteiger partial charge in [-0.05, 0) is 19.3 Å². The van der Waals surface area contributed by atoms with E-state index in [0.717, 1.165) is 36.6 Å². The smallest absolute Gasteiger partial charge is 0.228 e. The lowest BCUT2D eigenvalue weighted by Gasteiger charge is -2.11. The Morgan fingerprint density at radius 2 is 2.20 bits per heavy atom. The first-order chi connectivity index (χ1) is 9.72. The monoisotopic (exact) mass is 293 g/mol. The first kappa shape index (κ1) is 13.5. The molecule has 0 unspecified atom stereocenters. The third-order valence-electron chi connectivity index (χ3n) is 3.91. The van der Waals surface area contributed by atoms with E-state index in [1.807, 2.05) is 5.38 Å². The van der Waals surface area contributed by atoms with E-state index in [1.165, 1.54) is 24.2 Å². The lowest BCUT2D eigenvalue weighted by Crippen LogP contribution is -2.33. The van der Waals surface area contributed by atoms with Crippen molar-refractivity contribution in [1.29, 1.82) is 0 Å². The van der Waals surface area contributed by atoms with Crippen LogP contribution in [-0.2, 0) is 16.0 Å². The molecule has 5 nitrogen and oxygen atoms in total. The maximum absolute atomic E-state index is 11.9. The number of carbonyl (C=O) groups excluding carboxylic acids is 2. The minimum Gasteiger partial charge on any atom is -0.353 e. The lowest BCUT2D eigenvalue weighted by atomic mass is 10.2. The van der Waals surface area contributed by atoms with E-state index in [-0.39, 0.29) is 11.8 Å². The fourth-order valence-corrected chi connectivity index (χ4v) is 3.73. The summed E-state index contributed by atoms with van der Waals surface area (Å²) < 4.78 is 0. The summed E-state index contributed by atoms with van der Waals surface area (Å²) >= 11 is 1.45. The van der Waals surface area contributed by atoms with Gasteiger partial charge in [0.2, 0.25) is 11.8 Å². The molecular weight excluding hydrogens is 274 g/mol. The van der Waals surface area contributed by atoms with Gasteiger partial charge >= 0.3 is 0 Å². The highest BCUT2D eigenvalue weighted by Crippen LogP contribution is 2.25. The molecule has 0 bridgehead atoms. The van der Waals surface area contributed by atoms with Crippen molar-refractivity contribution in [3.05, 3.63) is 11.1 Å². The maximum Gasteiger partial charge on any atom is 0.228 e. The van der Waals surface area contributed by atoms with Gasteiger partial charge in [-0.2, -0.15) is 0 Å². The third-order valence-corrected chi connectivity index (χ3v) is 4.82. The third kappa shape index (κ3) is 3.00. The zero-order valence-electron chi connectivity index (χ0n) is 11.4. The highest BCUT2D eigenvalue weighted by Gasteiger charge is 2.24. The zero-order valence-corrected chi connectivity index (χ0v) is 12.2. The van der Waals surface area contributed by atoms with Crippen LogP contribution in [0.1, 0.15) is 44.2 Å². The minimum atomic E-state index is 0.0431. The molecule has 1 aromatic heterocycles. The number of anilines is 1. The van der Waals surface area contributed by atoms with Crippen molar-refractivity contribution in [2.75, 3.05) is 11.4 Å². The van der Waals surface area contributed by atoms with Gasteiger partial charge in [-0.25, -0.2) is 4.98 Å². The van der Waals surface area contributed by atoms with Crippen molar-refractivity contribution in [1.82, 2.24) is 10.3 Å². The summed E-state index contributed by atoms with van der Waals surface area (Å²) in [4.78, 5) is 29.7. The molecule has 1 saturated heterocycles. The number of rotatable bonds is 4. The second-order valence-corrected chi connectivity index (χ2v) is 6.33. The number of carbonyl (C=O) groups is 2. The topological polar surface area (TPSA) is 62.3 Å². The molecule has 2 fully saturated rings. The first-order valence-corrected chi connectivity index (χ1v) is 8.14. The van der Waals surface area contributed by atoms with Crippen LogP contribution in [0.2, 0.25) is 0 Å². The Balaban J connectivity index is 1.56. The molecule has 108 valence electrons. The quantitative estimate of drug-likeness (QED) is 0.922. The van der Waals surface area contributed by atoms with E-state index in [2.05, 4.69) is 10.3 Å². The minimum absolute atomic E-state index is 0.0431. The van der Waals surface area contributed by atoms with E-state index in [1.54, 1.807) is 4.90 Å². The molecule has 1 aromatic rings. The zero-order chi connectivity index (χ0) is 13.9. The molecule has 1 aliphatic heterocycles. The summed E-state index contributed by atoms with van der Waals surface area (Å²) in [6.45, 7) is 0.750. The summed E-state index contributed by atoms with van der Waals surface area (Å²) in [5.41, 5.74) is 0.764. The summed E-state index contributed by atoms with van der Waals surface area (Å²) in [6.07, 6.45) is 6.43. The number of thiazole rings is 1. The van der Waals surface area contributed by atoms with Crippen LogP contribution in [0.3, 0.4) is 0 Å². The first-order valence-electron chi connectivity index (χ1n) is 7.26. The van der Waals surface area contributed by atoms with Gasteiger partial charge in [0.15, 0.2) is 5.13 Å². The van der Waals surface area contributed by atoms with Gasteiger partial charge in [-0.1, -0.05) is 12.8 Å². The van der Waals surface area contributed by atoms with E-state index >= 15 is 0 Å². The fourth-order valence-electron chi connectivity index (χ4n) is 2.87. The van der Waals surface area contributed by atoms with Crippen molar-refractivity contribution in [3.8, 4) is 0 Å². The van der Waals surface area contributed by atoms with Gasteiger partial charge in [-0.3, -0.25) is 14.5 Å². The van der Waals surface area contributed by atoms with Gasteiger partial charge in [-0.15, -0.1) is 11.3 Å². The molecule has 2 aliphatic rings. The van der Waals surface area contributed by atoms with Crippen LogP contribution in [0.15, 0.2) is 5.38 Å². The van der Waals surface area contributed by atoms with E-state index < -0.39 is 0 Å². The van der Waals surface area contributed by atoms with E-state index in [0.29, 0.717) is 18.9 Å². The van der Waals surface area contributed by atoms with Crippen LogP contribution in [0.5, 0.6) is 0 Å². The van der Waals surface area contributed by atoms with Crippen molar-refractivity contribution in [3.63, 3.8) is 0 Å². The molecule has 6 heteroatoms. The standard InChI is InChI=1S/C14H19N3O2S/c18-12(15-10-4-1-2-5-10)8-11-9-20-14(16-11)17-7-3-6-13(17)19/h9-10H,1-8H2,(H,15,18). The molecule has 2 amide bonds. The molecule has 0 spiro atoms. The van der Waals surface area contributed by atoms with Crippen LogP contribution in [-0.4, -0.2) is 29.4 Å². The van der Waals surface area contributed by atoms with Crippen LogP contribution in [0, 0.1) is 0 Å². The van der Waals surface area contributed by atoms with E-state index in [4.69, 9.17) is 0 Å². The Morgan fingerprint density at radius 1 is 1.40 bits per heavy atom. The van der Waals surface area contributed by atoms with Crippen molar-refractivity contribution < 1.29 is 9.59 Å². The second-order valence-electron chi connectivity index (χ2n) is 5.50. The predicted molar refractivity (Wildman–Crippen MR) is 77.8 cm³/mol. The van der Waals surface area contributed by atoms with Gasteiger partial charge in [0, 0.05) is 24.4 Å². The number of hydrogen-bond acceptors (Lipinski definition) is 4. The molecule has 20 heavy (non-hydrogen) atoms. The highest BCUT2D eigenvalue weighted by molar-refractivity contribution is 7.14. The Hall–Kier alpha value is -1.43. The Kier molecular flexibility index (Phi) is 4.00. The van der Waals surface area contributed by atoms with Gasteiger partial charge in [0.1, 0.15) is 0 Å². The van der Waals surface area contributed by atoms with Gasteiger partial charge < -0.3 is 5.32 Å². The molecular formula is C14H19N3O2S. The Morgan fingerprint density at radius 3 is 2.90 bits per heavy atom. The van der Waals surface area contributed by atoms with Crippen LogP contribution in [0.4, 0.5) is 5.13 Å². The van der Waals surface area contributed by atoms with Crippen LogP contribution in [0.25, 0.3) is 0 Å². The molecule has 1 aliphatic carbocycles. The number of nitrogens with zero attached hydrogens (tertiary/aromatic N) is 2. The Bertz CT molecular complexity index is 508. The van der Waals surface area contributed by atoms with Crippen molar-refractivity contribution in [2.45, 2.75) is 51.0 Å². The number of aromatic nitrogens is 1. The lowest BCUT2D eigenvalue weighted by molar-refractivity contribution is -0.121. The van der Waals surface area contributed by atoms with Gasteiger partial charge in [0.05, 0.1) is 12.1 Å². The average Bonchev–Trinajstić information content (AvgIpc) is 3.11.